The second-order valence-electron chi connectivity index (χ2n) is 9.61. The molecule has 9 nitrogen and oxygen atoms in total. The number of nitrogens with zero attached hydrogens (tertiary/aromatic N) is 3. The minimum absolute atomic E-state index is 0.0261. The molecule has 2 N–H and O–H groups in total. The van der Waals surface area contributed by atoms with Crippen molar-refractivity contribution in [1.29, 1.82) is 0 Å². The summed E-state index contributed by atoms with van der Waals surface area (Å²) in [7, 11) is 0. The summed E-state index contributed by atoms with van der Waals surface area (Å²) in [6, 6.07) is 1.52. The number of amides is 4. The Morgan fingerprint density at radius 2 is 1.59 bits per heavy atom. The van der Waals surface area contributed by atoms with E-state index in [2.05, 4.69) is 15.5 Å². The van der Waals surface area contributed by atoms with E-state index in [0.29, 0.717) is 24.7 Å². The number of imide groups is 2. The van der Waals surface area contributed by atoms with Crippen LogP contribution in [0.4, 0.5) is 10.1 Å². The fourth-order valence-electron chi connectivity index (χ4n) is 5.48. The summed E-state index contributed by atoms with van der Waals surface area (Å²) >= 11 is 0. The molecule has 0 saturated carbocycles. The number of carbonyl (C=O) groups excluding carboxylic acids is 4. The highest BCUT2D eigenvalue weighted by atomic mass is 19.1. The smallest absolute Gasteiger partial charge is 0.262 e. The van der Waals surface area contributed by atoms with Gasteiger partial charge in [-0.1, -0.05) is 0 Å². The van der Waals surface area contributed by atoms with E-state index in [1.165, 1.54) is 6.07 Å². The number of benzene rings is 1. The Morgan fingerprint density at radius 1 is 0.912 bits per heavy atom. The minimum Gasteiger partial charge on any atom is -0.369 e. The minimum atomic E-state index is -1.05. The van der Waals surface area contributed by atoms with Gasteiger partial charge in [0.15, 0.2) is 0 Å². The van der Waals surface area contributed by atoms with Crippen LogP contribution in [0.25, 0.3) is 0 Å². The van der Waals surface area contributed by atoms with Crippen molar-refractivity contribution in [2.45, 2.75) is 38.1 Å². The van der Waals surface area contributed by atoms with Crippen molar-refractivity contribution in [3.63, 3.8) is 0 Å². The van der Waals surface area contributed by atoms with Crippen LogP contribution in [0, 0.1) is 11.7 Å². The lowest BCUT2D eigenvalue weighted by molar-refractivity contribution is -0.136. The number of piperidine rings is 2. The molecule has 0 aromatic heterocycles. The first kappa shape index (κ1) is 22.9. The van der Waals surface area contributed by atoms with Gasteiger partial charge in [-0.3, -0.25) is 29.4 Å². The Labute approximate surface area is 197 Å². The Balaban J connectivity index is 1.25. The number of nitrogens with one attached hydrogen (secondary N) is 2. The molecule has 3 saturated heterocycles. The summed E-state index contributed by atoms with van der Waals surface area (Å²) < 4.78 is 15.1. The summed E-state index contributed by atoms with van der Waals surface area (Å²) in [4.78, 5) is 54.9. The number of anilines is 1. The van der Waals surface area contributed by atoms with Crippen LogP contribution in [0.2, 0.25) is 0 Å². The number of hydrogen-bond acceptors (Lipinski definition) is 7. The quantitative estimate of drug-likeness (QED) is 0.611. The Bertz CT molecular complexity index is 1020. The van der Waals surface area contributed by atoms with E-state index < -0.39 is 35.5 Å². The van der Waals surface area contributed by atoms with E-state index in [0.717, 1.165) is 63.0 Å². The zero-order valence-corrected chi connectivity index (χ0v) is 19.1. The van der Waals surface area contributed by atoms with E-state index in [-0.39, 0.29) is 24.0 Å². The van der Waals surface area contributed by atoms with Gasteiger partial charge >= 0.3 is 0 Å². The second kappa shape index (κ2) is 9.42. The van der Waals surface area contributed by atoms with Crippen LogP contribution in [0.15, 0.2) is 12.1 Å². The van der Waals surface area contributed by atoms with Crippen molar-refractivity contribution >= 4 is 29.3 Å². The van der Waals surface area contributed by atoms with Crippen molar-refractivity contribution in [1.82, 2.24) is 20.4 Å². The number of piperazine rings is 1. The van der Waals surface area contributed by atoms with Crippen molar-refractivity contribution in [2.75, 3.05) is 50.7 Å². The largest absolute Gasteiger partial charge is 0.369 e. The summed E-state index contributed by atoms with van der Waals surface area (Å²) in [6.45, 7) is 6.73. The van der Waals surface area contributed by atoms with Gasteiger partial charge in [-0.2, -0.15) is 0 Å². The normalized spacial score (nSPS) is 24.6. The van der Waals surface area contributed by atoms with Gasteiger partial charge in [0.2, 0.25) is 11.8 Å². The van der Waals surface area contributed by atoms with Gasteiger partial charge in [0.25, 0.3) is 11.8 Å². The molecule has 34 heavy (non-hydrogen) atoms. The zero-order valence-electron chi connectivity index (χ0n) is 19.1. The SMILES string of the molecule is O=C1CCC(N2C(=O)c3cc(F)c(N4CCC(CCN5CCNCC5)CC4)cc3C2=O)C(=O)N1. The van der Waals surface area contributed by atoms with Gasteiger partial charge in [-0.05, 0) is 50.3 Å². The van der Waals surface area contributed by atoms with Gasteiger partial charge in [-0.25, -0.2) is 4.39 Å². The van der Waals surface area contributed by atoms with Crippen LogP contribution in [-0.4, -0.2) is 85.3 Å². The van der Waals surface area contributed by atoms with Crippen molar-refractivity contribution < 1.29 is 23.6 Å². The lowest BCUT2D eigenvalue weighted by atomic mass is 9.92. The number of halogens is 1. The van der Waals surface area contributed by atoms with Gasteiger partial charge < -0.3 is 15.1 Å². The molecule has 0 aliphatic carbocycles. The van der Waals surface area contributed by atoms with Crippen LogP contribution in [0.3, 0.4) is 0 Å². The maximum Gasteiger partial charge on any atom is 0.262 e. The van der Waals surface area contributed by atoms with E-state index in [9.17, 15) is 19.2 Å². The first-order chi connectivity index (χ1) is 16.4. The molecular formula is C24H30FN5O4. The molecule has 1 aromatic rings. The highest BCUT2D eigenvalue weighted by Gasteiger charge is 2.45. The highest BCUT2D eigenvalue weighted by molar-refractivity contribution is 6.23. The molecule has 4 aliphatic heterocycles. The average molecular weight is 472 g/mol. The average Bonchev–Trinajstić information content (AvgIpc) is 3.07. The van der Waals surface area contributed by atoms with Gasteiger partial charge in [0.05, 0.1) is 16.8 Å². The molecule has 0 radical (unpaired) electrons. The first-order valence-corrected chi connectivity index (χ1v) is 12.2. The Hall–Kier alpha value is -2.85. The van der Waals surface area contributed by atoms with E-state index in [1.54, 1.807) is 0 Å². The molecule has 4 amide bonds. The Morgan fingerprint density at radius 3 is 2.26 bits per heavy atom. The monoisotopic (exact) mass is 471 g/mol. The third kappa shape index (κ3) is 4.32. The zero-order chi connectivity index (χ0) is 23.8. The summed E-state index contributed by atoms with van der Waals surface area (Å²) in [6.07, 6.45) is 3.17. The van der Waals surface area contributed by atoms with Crippen LogP contribution < -0.4 is 15.5 Å². The number of rotatable bonds is 5. The molecule has 1 unspecified atom stereocenters. The van der Waals surface area contributed by atoms with Gasteiger partial charge in [-0.15, -0.1) is 0 Å². The van der Waals surface area contributed by atoms with Crippen LogP contribution in [0.5, 0.6) is 0 Å². The summed E-state index contributed by atoms with van der Waals surface area (Å²) in [5, 5.41) is 5.54. The van der Waals surface area contributed by atoms with Gasteiger partial charge in [0, 0.05) is 45.7 Å². The second-order valence-corrected chi connectivity index (χ2v) is 9.61. The van der Waals surface area contributed by atoms with E-state index in [4.69, 9.17) is 0 Å². The Kier molecular flexibility index (Phi) is 6.35. The maximum atomic E-state index is 15.1. The molecule has 0 spiro atoms. The molecular weight excluding hydrogens is 441 g/mol. The number of fused-ring (bicyclic) bond motifs is 1. The summed E-state index contributed by atoms with van der Waals surface area (Å²) in [5.41, 5.74) is 0.416. The topological polar surface area (TPSA) is 102 Å². The van der Waals surface area contributed by atoms with Crippen molar-refractivity contribution in [2.24, 2.45) is 5.92 Å². The molecule has 10 heteroatoms. The fraction of sp³-hybridized carbons (Fsp3) is 0.583. The van der Waals surface area contributed by atoms with E-state index >= 15 is 4.39 Å². The lowest BCUT2D eigenvalue weighted by Crippen LogP contribution is -2.54. The molecule has 3 fully saturated rings. The van der Waals surface area contributed by atoms with Crippen molar-refractivity contribution in [3.8, 4) is 0 Å². The standard InChI is InChI=1S/C24H30FN5O4/c25-18-13-16-17(24(34)30(23(16)33)19-1-2-21(31)27-22(19)32)14-20(18)29-9-4-15(5-10-29)3-8-28-11-6-26-7-12-28/h13-15,19,26H,1-12H2,(H,27,31,32). The molecule has 4 aliphatic rings. The molecule has 182 valence electrons. The van der Waals surface area contributed by atoms with Crippen molar-refractivity contribution in [3.05, 3.63) is 29.1 Å². The van der Waals surface area contributed by atoms with Gasteiger partial charge in [0.1, 0.15) is 11.9 Å². The lowest BCUT2D eigenvalue weighted by Gasteiger charge is -2.35. The maximum absolute atomic E-state index is 15.1. The summed E-state index contributed by atoms with van der Waals surface area (Å²) in [5.74, 6) is -2.34. The molecule has 0 bridgehead atoms. The third-order valence-electron chi connectivity index (χ3n) is 7.53. The van der Waals surface area contributed by atoms with Crippen LogP contribution in [0.1, 0.15) is 52.8 Å². The third-order valence-corrected chi connectivity index (χ3v) is 7.53. The highest BCUT2D eigenvalue weighted by Crippen LogP contribution is 2.34. The van der Waals surface area contributed by atoms with E-state index in [1.807, 2.05) is 4.90 Å². The predicted molar refractivity (Wildman–Crippen MR) is 122 cm³/mol. The molecule has 4 heterocycles. The molecule has 1 aromatic carbocycles. The predicted octanol–water partition coefficient (Wildman–Crippen LogP) is 0.739. The molecule has 1 atom stereocenters. The van der Waals surface area contributed by atoms with Crippen LogP contribution >= 0.6 is 0 Å². The van der Waals surface area contributed by atoms with Crippen LogP contribution in [-0.2, 0) is 9.59 Å². The molecule has 5 rings (SSSR count). The number of carbonyl (C=O) groups is 4. The first-order valence-electron chi connectivity index (χ1n) is 12.2. The number of hydrogen-bond donors (Lipinski definition) is 2. The fourth-order valence-corrected chi connectivity index (χ4v) is 5.48.